The van der Waals surface area contributed by atoms with Crippen LogP contribution in [-0.4, -0.2) is 12.7 Å². The van der Waals surface area contributed by atoms with E-state index in [1.54, 1.807) is 6.92 Å². The van der Waals surface area contributed by atoms with Crippen molar-refractivity contribution in [2.45, 2.75) is 6.92 Å². The molecule has 0 bridgehead atoms. The molecule has 0 aliphatic heterocycles. The average Bonchev–Trinajstić information content (AvgIpc) is 2.10. The molecular formula is C9H10FNO3. The van der Waals surface area contributed by atoms with Gasteiger partial charge in [0, 0.05) is 6.07 Å². The summed E-state index contributed by atoms with van der Waals surface area (Å²) in [5.41, 5.74) is 4.75. The first-order valence-corrected chi connectivity index (χ1v) is 4.03. The highest BCUT2D eigenvalue weighted by atomic mass is 19.1. The molecule has 5 heteroatoms. The minimum atomic E-state index is -1.06. The Bertz CT molecular complexity index is 341. The van der Waals surface area contributed by atoms with Crippen LogP contribution in [0.2, 0.25) is 0 Å². The molecule has 0 spiro atoms. The molecule has 0 saturated heterocycles. The third kappa shape index (κ3) is 2.62. The Kier molecular flexibility index (Phi) is 3.28. The second-order valence-electron chi connectivity index (χ2n) is 2.45. The number of halogens is 1. The predicted molar refractivity (Wildman–Crippen MR) is 47.8 cm³/mol. The minimum Gasteiger partial charge on any atom is -0.494 e. The Balaban J connectivity index is 2.90. The Morgan fingerprint density at radius 3 is 2.86 bits per heavy atom. The molecule has 0 saturated carbocycles. The summed E-state index contributed by atoms with van der Waals surface area (Å²) in [6.07, 6.45) is -1.06. The Labute approximate surface area is 80.4 Å². The number of amides is 1. The van der Waals surface area contributed by atoms with Crippen LogP contribution < -0.4 is 15.2 Å². The maximum absolute atomic E-state index is 13.0. The maximum atomic E-state index is 13.0. The normalized spacial score (nSPS) is 9.57. The van der Waals surface area contributed by atoms with Crippen molar-refractivity contribution in [3.63, 3.8) is 0 Å². The second-order valence-corrected chi connectivity index (χ2v) is 2.45. The molecular weight excluding hydrogens is 189 g/mol. The van der Waals surface area contributed by atoms with Gasteiger partial charge >= 0.3 is 6.09 Å². The van der Waals surface area contributed by atoms with Gasteiger partial charge in [0.25, 0.3) is 0 Å². The Morgan fingerprint density at radius 1 is 1.57 bits per heavy atom. The van der Waals surface area contributed by atoms with E-state index < -0.39 is 11.9 Å². The second kappa shape index (κ2) is 4.45. The number of benzene rings is 1. The highest BCUT2D eigenvalue weighted by molar-refractivity contribution is 5.68. The van der Waals surface area contributed by atoms with Crippen LogP contribution in [-0.2, 0) is 0 Å². The third-order valence-electron chi connectivity index (χ3n) is 1.42. The van der Waals surface area contributed by atoms with Gasteiger partial charge in [-0.3, -0.25) is 0 Å². The smallest absolute Gasteiger partial charge is 0.410 e. The highest BCUT2D eigenvalue weighted by Crippen LogP contribution is 2.23. The molecule has 2 N–H and O–H groups in total. The van der Waals surface area contributed by atoms with Gasteiger partial charge in [-0.15, -0.1) is 0 Å². The van der Waals surface area contributed by atoms with E-state index in [9.17, 15) is 9.18 Å². The number of nitrogens with two attached hydrogens (primary N) is 1. The molecule has 0 aliphatic carbocycles. The van der Waals surface area contributed by atoms with E-state index in [0.717, 1.165) is 6.07 Å². The third-order valence-corrected chi connectivity index (χ3v) is 1.42. The maximum Gasteiger partial charge on any atom is 0.410 e. The lowest BCUT2D eigenvalue weighted by atomic mass is 10.3. The van der Waals surface area contributed by atoms with E-state index in [-0.39, 0.29) is 5.75 Å². The zero-order chi connectivity index (χ0) is 10.6. The van der Waals surface area contributed by atoms with Crippen molar-refractivity contribution < 1.29 is 18.7 Å². The van der Waals surface area contributed by atoms with E-state index in [1.807, 2.05) is 0 Å². The molecule has 0 atom stereocenters. The van der Waals surface area contributed by atoms with Crippen molar-refractivity contribution in [3.05, 3.63) is 24.0 Å². The molecule has 14 heavy (non-hydrogen) atoms. The number of primary amides is 1. The number of ether oxygens (including phenoxy) is 2. The Hall–Kier alpha value is -1.78. The van der Waals surface area contributed by atoms with Crippen LogP contribution in [0, 0.1) is 5.82 Å². The quantitative estimate of drug-likeness (QED) is 0.805. The molecule has 1 aromatic carbocycles. The van der Waals surface area contributed by atoms with Gasteiger partial charge in [0.2, 0.25) is 0 Å². The van der Waals surface area contributed by atoms with E-state index in [1.165, 1.54) is 12.1 Å². The summed E-state index contributed by atoms with van der Waals surface area (Å²) in [4.78, 5) is 10.4. The summed E-state index contributed by atoms with van der Waals surface area (Å²) in [6, 6.07) is 3.85. The highest BCUT2D eigenvalue weighted by Gasteiger charge is 2.07. The van der Waals surface area contributed by atoms with Gasteiger partial charge in [-0.2, -0.15) is 0 Å². The van der Waals surface area contributed by atoms with Crippen molar-refractivity contribution >= 4 is 6.09 Å². The number of carbonyl (C=O) groups excluding carboxylic acids is 1. The predicted octanol–water partition coefficient (Wildman–Crippen LogP) is 1.68. The first kappa shape index (κ1) is 10.3. The van der Waals surface area contributed by atoms with Crippen molar-refractivity contribution in [1.29, 1.82) is 0 Å². The van der Waals surface area contributed by atoms with Gasteiger partial charge in [-0.25, -0.2) is 9.18 Å². The first-order valence-electron chi connectivity index (χ1n) is 4.03. The van der Waals surface area contributed by atoms with Crippen molar-refractivity contribution in [1.82, 2.24) is 0 Å². The fraction of sp³-hybridized carbons (Fsp3) is 0.222. The number of hydrogen-bond donors (Lipinski definition) is 1. The van der Waals surface area contributed by atoms with E-state index >= 15 is 0 Å². The van der Waals surface area contributed by atoms with Gasteiger partial charge < -0.3 is 15.2 Å². The molecule has 0 fully saturated rings. The van der Waals surface area contributed by atoms with Crippen LogP contribution in [0.1, 0.15) is 6.92 Å². The van der Waals surface area contributed by atoms with Gasteiger partial charge in [0.15, 0.2) is 11.6 Å². The molecule has 1 amide bonds. The standard InChI is InChI=1S/C9H10FNO3/c1-2-13-6-3-4-7(10)8(5-6)14-9(11)12/h3-5H,2H2,1H3,(H2,11,12). The van der Waals surface area contributed by atoms with Crippen LogP contribution in [0.5, 0.6) is 11.5 Å². The van der Waals surface area contributed by atoms with Gasteiger partial charge in [0.05, 0.1) is 6.61 Å². The van der Waals surface area contributed by atoms with Crippen LogP contribution >= 0.6 is 0 Å². The molecule has 1 rings (SSSR count). The lowest BCUT2D eigenvalue weighted by Gasteiger charge is -2.06. The zero-order valence-corrected chi connectivity index (χ0v) is 7.62. The summed E-state index contributed by atoms with van der Waals surface area (Å²) >= 11 is 0. The van der Waals surface area contributed by atoms with Crippen LogP contribution in [0.4, 0.5) is 9.18 Å². The Morgan fingerprint density at radius 2 is 2.29 bits per heavy atom. The van der Waals surface area contributed by atoms with Crippen molar-refractivity contribution in [2.24, 2.45) is 5.73 Å². The fourth-order valence-electron chi connectivity index (χ4n) is 0.927. The average molecular weight is 199 g/mol. The summed E-state index contributed by atoms with van der Waals surface area (Å²) < 4.78 is 22.5. The van der Waals surface area contributed by atoms with E-state index in [2.05, 4.69) is 4.74 Å². The first-order chi connectivity index (χ1) is 6.63. The lowest BCUT2D eigenvalue weighted by molar-refractivity contribution is 0.208. The largest absolute Gasteiger partial charge is 0.494 e. The van der Waals surface area contributed by atoms with Crippen LogP contribution in [0.25, 0.3) is 0 Å². The van der Waals surface area contributed by atoms with Gasteiger partial charge in [-0.05, 0) is 19.1 Å². The zero-order valence-electron chi connectivity index (χ0n) is 7.62. The number of rotatable bonds is 3. The fourth-order valence-corrected chi connectivity index (χ4v) is 0.927. The molecule has 0 heterocycles. The summed E-state index contributed by atoms with van der Waals surface area (Å²) in [5.74, 6) is -0.471. The molecule has 76 valence electrons. The molecule has 0 aliphatic rings. The number of hydrogen-bond acceptors (Lipinski definition) is 3. The van der Waals surface area contributed by atoms with Gasteiger partial charge in [0.1, 0.15) is 5.75 Å². The molecule has 0 radical (unpaired) electrons. The van der Waals surface area contributed by atoms with Crippen LogP contribution in [0.3, 0.4) is 0 Å². The summed E-state index contributed by atoms with van der Waals surface area (Å²) in [6.45, 7) is 2.24. The molecule has 0 unspecified atom stereocenters. The minimum absolute atomic E-state index is 0.233. The molecule has 4 nitrogen and oxygen atoms in total. The number of carbonyl (C=O) groups is 1. The van der Waals surface area contributed by atoms with E-state index in [0.29, 0.717) is 12.4 Å². The van der Waals surface area contributed by atoms with Gasteiger partial charge in [-0.1, -0.05) is 0 Å². The molecule has 0 aromatic heterocycles. The summed E-state index contributed by atoms with van der Waals surface area (Å²) in [5, 5.41) is 0. The summed E-state index contributed by atoms with van der Waals surface area (Å²) in [7, 11) is 0. The van der Waals surface area contributed by atoms with E-state index in [4.69, 9.17) is 10.5 Å². The monoisotopic (exact) mass is 199 g/mol. The lowest BCUT2D eigenvalue weighted by Crippen LogP contribution is -2.17. The SMILES string of the molecule is CCOc1ccc(F)c(OC(N)=O)c1. The topological polar surface area (TPSA) is 61.6 Å². The molecule has 1 aromatic rings. The van der Waals surface area contributed by atoms with Crippen molar-refractivity contribution in [3.8, 4) is 11.5 Å². The van der Waals surface area contributed by atoms with Crippen molar-refractivity contribution in [2.75, 3.05) is 6.61 Å². The van der Waals surface area contributed by atoms with Crippen LogP contribution in [0.15, 0.2) is 18.2 Å².